The number of hydrogen-bond donors (Lipinski definition) is 1. The Balaban J connectivity index is 2.83. The van der Waals surface area contributed by atoms with Crippen molar-refractivity contribution in [3.05, 3.63) is 11.1 Å². The summed E-state index contributed by atoms with van der Waals surface area (Å²) in [5.41, 5.74) is -0.0160. The molecule has 0 bridgehead atoms. The smallest absolute Gasteiger partial charge is 0.397 e. The number of nitrogens with zero attached hydrogens (tertiary/aromatic N) is 2. The van der Waals surface area contributed by atoms with Crippen molar-refractivity contribution in [1.82, 2.24) is 4.98 Å². The Hall–Kier alpha value is -2.49. The molecule has 10 heteroatoms. The maximum atomic E-state index is 11.6. The highest BCUT2D eigenvalue weighted by atomic mass is 32.1. The highest BCUT2D eigenvalue weighted by Gasteiger charge is 2.22. The third kappa shape index (κ3) is 4.81. The third-order valence-electron chi connectivity index (χ3n) is 2.06. The van der Waals surface area contributed by atoms with Gasteiger partial charge in [0.25, 0.3) is 0 Å². The van der Waals surface area contributed by atoms with E-state index < -0.39 is 23.9 Å². The van der Waals surface area contributed by atoms with Gasteiger partial charge in [0.2, 0.25) is 5.71 Å². The Kier molecular flexibility index (Phi) is 6.45. The number of nitrogens with one attached hydrogen (secondary N) is 1. The van der Waals surface area contributed by atoms with E-state index >= 15 is 0 Å². The van der Waals surface area contributed by atoms with Crippen LogP contribution in [0.3, 0.4) is 0 Å². The fourth-order valence-electron chi connectivity index (χ4n) is 1.23. The van der Waals surface area contributed by atoms with E-state index in [1.54, 1.807) is 13.8 Å². The minimum atomic E-state index is -1.02. The van der Waals surface area contributed by atoms with Crippen molar-refractivity contribution in [1.29, 1.82) is 0 Å². The summed E-state index contributed by atoms with van der Waals surface area (Å²) in [4.78, 5) is 43.0. The largest absolute Gasteiger partial charge is 0.464 e. The standard InChI is InChI=1S/C12H15N3O6S/c1-6(2)21-11(18)9(16)14-12-13-7(5-22-12)8(15-20-4)10(17)19-3/h5-6H,1-4H3,(H,13,14,16). The first kappa shape index (κ1) is 17.6. The molecule has 1 rings (SSSR count). The van der Waals surface area contributed by atoms with E-state index in [1.165, 1.54) is 19.6 Å². The lowest BCUT2D eigenvalue weighted by molar-refractivity contribution is -0.155. The number of thiazole rings is 1. The van der Waals surface area contributed by atoms with Crippen molar-refractivity contribution in [2.75, 3.05) is 19.5 Å². The summed E-state index contributed by atoms with van der Waals surface area (Å²) in [7, 11) is 2.45. The molecule has 1 aromatic rings. The second-order valence-electron chi connectivity index (χ2n) is 4.06. The Labute approximate surface area is 130 Å². The Morgan fingerprint density at radius 3 is 2.50 bits per heavy atom. The molecular weight excluding hydrogens is 314 g/mol. The van der Waals surface area contributed by atoms with Crippen molar-refractivity contribution in [3.8, 4) is 0 Å². The highest BCUT2D eigenvalue weighted by Crippen LogP contribution is 2.17. The van der Waals surface area contributed by atoms with Crippen LogP contribution < -0.4 is 5.32 Å². The van der Waals surface area contributed by atoms with Gasteiger partial charge in [0.1, 0.15) is 12.8 Å². The van der Waals surface area contributed by atoms with E-state index in [4.69, 9.17) is 4.74 Å². The van der Waals surface area contributed by atoms with Crippen LogP contribution in [0.1, 0.15) is 19.5 Å². The summed E-state index contributed by atoms with van der Waals surface area (Å²) in [6.07, 6.45) is -0.412. The second-order valence-corrected chi connectivity index (χ2v) is 4.92. The van der Waals surface area contributed by atoms with Crippen molar-refractivity contribution < 1.29 is 28.7 Å². The van der Waals surface area contributed by atoms with E-state index in [0.717, 1.165) is 11.3 Å². The molecule has 0 saturated heterocycles. The lowest BCUT2D eigenvalue weighted by Crippen LogP contribution is -2.27. The number of esters is 2. The molecule has 22 heavy (non-hydrogen) atoms. The average molecular weight is 329 g/mol. The zero-order valence-electron chi connectivity index (χ0n) is 12.4. The summed E-state index contributed by atoms with van der Waals surface area (Å²) in [5, 5.41) is 7.34. The molecule has 0 saturated carbocycles. The van der Waals surface area contributed by atoms with Crippen molar-refractivity contribution in [3.63, 3.8) is 0 Å². The molecule has 0 aliphatic carbocycles. The SMILES string of the molecule is CON=C(C(=O)OC)c1csc(NC(=O)C(=O)OC(C)C)n1. The normalized spacial score (nSPS) is 11.0. The molecule has 0 aromatic carbocycles. The molecule has 0 spiro atoms. The molecule has 0 fully saturated rings. The number of oxime groups is 1. The zero-order chi connectivity index (χ0) is 16.7. The highest BCUT2D eigenvalue weighted by molar-refractivity contribution is 7.14. The van der Waals surface area contributed by atoms with Gasteiger partial charge in [-0.1, -0.05) is 5.16 Å². The average Bonchev–Trinajstić information content (AvgIpc) is 2.91. The fourth-order valence-corrected chi connectivity index (χ4v) is 1.92. The van der Waals surface area contributed by atoms with E-state index in [2.05, 4.69) is 25.0 Å². The molecule has 1 aromatic heterocycles. The first-order valence-electron chi connectivity index (χ1n) is 6.06. The maximum Gasteiger partial charge on any atom is 0.397 e. The van der Waals surface area contributed by atoms with Gasteiger partial charge >= 0.3 is 17.8 Å². The summed E-state index contributed by atoms with van der Waals surface area (Å²) >= 11 is 1.00. The molecule has 0 aliphatic heterocycles. The molecule has 9 nitrogen and oxygen atoms in total. The lowest BCUT2D eigenvalue weighted by Gasteiger charge is -2.06. The van der Waals surface area contributed by atoms with Crippen LogP contribution in [0, 0.1) is 0 Å². The topological polar surface area (TPSA) is 116 Å². The van der Waals surface area contributed by atoms with Gasteiger partial charge in [0.05, 0.1) is 13.2 Å². The van der Waals surface area contributed by atoms with E-state index in [1.807, 2.05) is 0 Å². The molecule has 0 unspecified atom stereocenters. The number of ether oxygens (including phenoxy) is 2. The van der Waals surface area contributed by atoms with Crippen LogP contribution in [0.15, 0.2) is 10.5 Å². The molecule has 120 valence electrons. The number of carbonyl (C=O) groups is 3. The van der Waals surface area contributed by atoms with Crippen LogP contribution >= 0.6 is 11.3 Å². The number of methoxy groups -OCH3 is 1. The second kappa shape index (κ2) is 8.08. The monoisotopic (exact) mass is 329 g/mol. The van der Waals surface area contributed by atoms with Gasteiger partial charge in [0.15, 0.2) is 5.13 Å². The Bertz CT molecular complexity index is 595. The molecular formula is C12H15N3O6S. The van der Waals surface area contributed by atoms with E-state index in [9.17, 15) is 14.4 Å². The van der Waals surface area contributed by atoms with Crippen LogP contribution in [-0.2, 0) is 28.7 Å². The number of hydrogen-bond acceptors (Lipinski definition) is 9. The Morgan fingerprint density at radius 2 is 1.95 bits per heavy atom. The summed E-state index contributed by atoms with van der Waals surface area (Å²) in [5.74, 6) is -2.73. The Morgan fingerprint density at radius 1 is 1.27 bits per heavy atom. The number of rotatable bonds is 5. The fraction of sp³-hybridized carbons (Fsp3) is 0.417. The molecule has 0 radical (unpaired) electrons. The maximum absolute atomic E-state index is 11.6. The van der Waals surface area contributed by atoms with Crippen molar-refractivity contribution in [2.24, 2.45) is 5.16 Å². The first-order valence-corrected chi connectivity index (χ1v) is 6.94. The van der Waals surface area contributed by atoms with Gasteiger partial charge in [0, 0.05) is 5.38 Å². The summed E-state index contributed by atoms with van der Waals surface area (Å²) in [6, 6.07) is 0. The minimum Gasteiger partial charge on any atom is -0.464 e. The number of amides is 1. The predicted octanol–water partition coefficient (Wildman–Crippen LogP) is 0.557. The minimum absolute atomic E-state index is 0.105. The first-order chi connectivity index (χ1) is 10.4. The van der Waals surface area contributed by atoms with Crippen LogP contribution in [0.2, 0.25) is 0 Å². The molecule has 1 amide bonds. The third-order valence-corrected chi connectivity index (χ3v) is 2.81. The number of carbonyl (C=O) groups excluding carboxylic acids is 3. The quantitative estimate of drug-likeness (QED) is 0.363. The summed E-state index contributed by atoms with van der Waals surface area (Å²) < 4.78 is 9.29. The van der Waals surface area contributed by atoms with Gasteiger partial charge in [-0.05, 0) is 13.8 Å². The van der Waals surface area contributed by atoms with Crippen LogP contribution in [0.25, 0.3) is 0 Å². The van der Waals surface area contributed by atoms with Crippen molar-refractivity contribution in [2.45, 2.75) is 20.0 Å². The predicted molar refractivity (Wildman–Crippen MR) is 77.5 cm³/mol. The van der Waals surface area contributed by atoms with Crippen molar-refractivity contribution >= 4 is 40.0 Å². The van der Waals surface area contributed by atoms with Gasteiger partial charge in [-0.3, -0.25) is 10.1 Å². The van der Waals surface area contributed by atoms with Crippen LogP contribution in [0.4, 0.5) is 5.13 Å². The number of anilines is 1. The molecule has 1 N–H and O–H groups in total. The van der Waals surface area contributed by atoms with E-state index in [-0.39, 0.29) is 16.5 Å². The van der Waals surface area contributed by atoms with Gasteiger partial charge in [-0.25, -0.2) is 14.6 Å². The number of aromatic nitrogens is 1. The van der Waals surface area contributed by atoms with E-state index in [0.29, 0.717) is 0 Å². The van der Waals surface area contributed by atoms with Crippen LogP contribution in [-0.4, -0.2) is 48.9 Å². The molecule has 1 heterocycles. The zero-order valence-corrected chi connectivity index (χ0v) is 13.2. The lowest BCUT2D eigenvalue weighted by atomic mass is 10.3. The van der Waals surface area contributed by atoms with Gasteiger partial charge in [-0.2, -0.15) is 0 Å². The molecule has 0 aliphatic rings. The van der Waals surface area contributed by atoms with Gasteiger partial charge in [-0.15, -0.1) is 11.3 Å². The molecule has 0 atom stereocenters. The summed E-state index contributed by atoms with van der Waals surface area (Å²) in [6.45, 7) is 3.24. The van der Waals surface area contributed by atoms with Gasteiger partial charge < -0.3 is 14.3 Å². The van der Waals surface area contributed by atoms with Crippen LogP contribution in [0.5, 0.6) is 0 Å².